The van der Waals surface area contributed by atoms with E-state index in [9.17, 15) is 4.79 Å². The zero-order valence-corrected chi connectivity index (χ0v) is 16.9. The summed E-state index contributed by atoms with van der Waals surface area (Å²) in [7, 11) is 0. The molecule has 1 amide bonds. The third-order valence-corrected chi connectivity index (χ3v) is 4.86. The molecule has 0 atom stereocenters. The number of fused-ring (bicyclic) bond motifs is 1. The molecule has 4 rings (SSSR count). The van der Waals surface area contributed by atoms with E-state index in [2.05, 4.69) is 20.9 Å². The van der Waals surface area contributed by atoms with Crippen LogP contribution in [0.4, 0.5) is 0 Å². The lowest BCUT2D eigenvalue weighted by Gasteiger charge is -2.12. The molecule has 0 saturated heterocycles. The molecule has 30 heavy (non-hydrogen) atoms. The van der Waals surface area contributed by atoms with Gasteiger partial charge in [-0.25, -0.2) is 4.98 Å². The first kappa shape index (κ1) is 19.6. The highest BCUT2D eigenvalue weighted by atomic mass is 16.5. The number of hydrogen-bond donors (Lipinski definition) is 1. The van der Waals surface area contributed by atoms with Crippen molar-refractivity contribution < 1.29 is 9.53 Å². The van der Waals surface area contributed by atoms with Crippen molar-refractivity contribution >= 4 is 16.9 Å². The van der Waals surface area contributed by atoms with Crippen LogP contribution in [0.5, 0.6) is 5.75 Å². The van der Waals surface area contributed by atoms with Gasteiger partial charge < -0.3 is 14.6 Å². The van der Waals surface area contributed by atoms with Crippen molar-refractivity contribution in [2.75, 3.05) is 13.2 Å². The molecule has 0 saturated carbocycles. The SMILES string of the molecule is Cc1cccc(OCCn2c(CCNC(=O)c3cccnc3)nc3ccccc32)c1. The number of imidazole rings is 1. The minimum atomic E-state index is -0.131. The number of amides is 1. The van der Waals surface area contributed by atoms with Crippen molar-refractivity contribution in [2.24, 2.45) is 0 Å². The molecule has 0 spiro atoms. The highest BCUT2D eigenvalue weighted by molar-refractivity contribution is 5.93. The van der Waals surface area contributed by atoms with Gasteiger partial charge in [-0.15, -0.1) is 0 Å². The van der Waals surface area contributed by atoms with Crippen LogP contribution < -0.4 is 10.1 Å². The van der Waals surface area contributed by atoms with E-state index < -0.39 is 0 Å². The van der Waals surface area contributed by atoms with Crippen LogP contribution in [0.15, 0.2) is 73.1 Å². The summed E-state index contributed by atoms with van der Waals surface area (Å²) >= 11 is 0. The van der Waals surface area contributed by atoms with Gasteiger partial charge in [0, 0.05) is 25.4 Å². The minimum Gasteiger partial charge on any atom is -0.492 e. The first-order valence-corrected chi connectivity index (χ1v) is 10.0. The van der Waals surface area contributed by atoms with Gasteiger partial charge in [0.15, 0.2) is 0 Å². The first-order chi connectivity index (χ1) is 14.7. The molecule has 0 aliphatic rings. The highest BCUT2D eigenvalue weighted by Gasteiger charge is 2.11. The molecule has 0 radical (unpaired) electrons. The van der Waals surface area contributed by atoms with E-state index >= 15 is 0 Å². The standard InChI is InChI=1S/C24H24N4O2/c1-18-6-4-8-20(16-18)30-15-14-28-22-10-3-2-9-21(22)27-23(28)11-13-26-24(29)19-7-5-12-25-17-19/h2-10,12,16-17H,11,13-15H2,1H3,(H,26,29). The Balaban J connectivity index is 1.43. The second kappa shape index (κ2) is 9.22. The maximum Gasteiger partial charge on any atom is 0.252 e. The third-order valence-electron chi connectivity index (χ3n) is 4.86. The molecule has 4 aromatic rings. The summed E-state index contributed by atoms with van der Waals surface area (Å²) in [6.45, 7) is 3.77. The number of rotatable bonds is 8. The average molecular weight is 400 g/mol. The molecule has 0 fully saturated rings. The molecule has 2 heterocycles. The monoisotopic (exact) mass is 400 g/mol. The van der Waals surface area contributed by atoms with Gasteiger partial charge in [0.2, 0.25) is 0 Å². The highest BCUT2D eigenvalue weighted by Crippen LogP contribution is 2.17. The van der Waals surface area contributed by atoms with Gasteiger partial charge >= 0.3 is 0 Å². The lowest BCUT2D eigenvalue weighted by Crippen LogP contribution is -2.26. The zero-order valence-electron chi connectivity index (χ0n) is 16.9. The van der Waals surface area contributed by atoms with Gasteiger partial charge in [-0.3, -0.25) is 9.78 Å². The zero-order chi connectivity index (χ0) is 20.8. The van der Waals surface area contributed by atoms with E-state index in [4.69, 9.17) is 9.72 Å². The predicted molar refractivity (Wildman–Crippen MR) is 117 cm³/mol. The number of nitrogens with one attached hydrogen (secondary N) is 1. The van der Waals surface area contributed by atoms with Crippen LogP contribution in [-0.4, -0.2) is 33.6 Å². The molecule has 152 valence electrons. The summed E-state index contributed by atoms with van der Waals surface area (Å²) < 4.78 is 8.11. The average Bonchev–Trinajstić information content (AvgIpc) is 3.12. The van der Waals surface area contributed by atoms with Gasteiger partial charge in [-0.1, -0.05) is 24.3 Å². The van der Waals surface area contributed by atoms with E-state index in [-0.39, 0.29) is 5.91 Å². The fraction of sp³-hybridized carbons (Fsp3) is 0.208. The molecular formula is C24H24N4O2. The molecule has 6 heteroatoms. The van der Waals surface area contributed by atoms with Crippen molar-refractivity contribution in [2.45, 2.75) is 19.9 Å². The van der Waals surface area contributed by atoms with Crippen LogP contribution in [0, 0.1) is 6.92 Å². The quantitative estimate of drug-likeness (QED) is 0.489. The largest absolute Gasteiger partial charge is 0.492 e. The lowest BCUT2D eigenvalue weighted by molar-refractivity contribution is 0.0953. The predicted octanol–water partition coefficient (Wildman–Crippen LogP) is 3.79. The number of aromatic nitrogens is 3. The Labute approximate surface area is 175 Å². The number of carbonyl (C=O) groups is 1. The molecule has 0 bridgehead atoms. The minimum absolute atomic E-state index is 0.131. The summed E-state index contributed by atoms with van der Waals surface area (Å²) in [6, 6.07) is 19.6. The third kappa shape index (κ3) is 4.66. The van der Waals surface area contributed by atoms with Gasteiger partial charge in [0.1, 0.15) is 18.2 Å². The second-order valence-corrected chi connectivity index (χ2v) is 7.08. The fourth-order valence-corrected chi connectivity index (χ4v) is 3.41. The van der Waals surface area contributed by atoms with Crippen LogP contribution in [0.2, 0.25) is 0 Å². The Morgan fingerprint density at radius 2 is 2.00 bits per heavy atom. The molecule has 2 aromatic carbocycles. The van der Waals surface area contributed by atoms with Crippen LogP contribution >= 0.6 is 0 Å². The Bertz CT molecular complexity index is 1140. The number of nitrogens with zero attached hydrogens (tertiary/aromatic N) is 3. The summed E-state index contributed by atoms with van der Waals surface area (Å²) in [6.07, 6.45) is 3.84. The lowest BCUT2D eigenvalue weighted by atomic mass is 10.2. The number of aryl methyl sites for hydroxylation is 1. The van der Waals surface area contributed by atoms with Crippen molar-refractivity contribution in [3.63, 3.8) is 0 Å². The van der Waals surface area contributed by atoms with Crippen LogP contribution in [0.1, 0.15) is 21.7 Å². The van der Waals surface area contributed by atoms with Crippen molar-refractivity contribution in [3.8, 4) is 5.75 Å². The number of pyridine rings is 1. The molecule has 2 aromatic heterocycles. The molecule has 6 nitrogen and oxygen atoms in total. The van der Waals surface area contributed by atoms with Crippen LogP contribution in [-0.2, 0) is 13.0 Å². The summed E-state index contributed by atoms with van der Waals surface area (Å²) in [4.78, 5) is 21.0. The van der Waals surface area contributed by atoms with E-state index in [1.54, 1.807) is 24.5 Å². The van der Waals surface area contributed by atoms with Gasteiger partial charge in [0.05, 0.1) is 23.1 Å². The van der Waals surface area contributed by atoms with Crippen molar-refractivity contribution in [1.82, 2.24) is 19.9 Å². The fourth-order valence-electron chi connectivity index (χ4n) is 3.41. The van der Waals surface area contributed by atoms with E-state index in [1.165, 1.54) is 5.56 Å². The van der Waals surface area contributed by atoms with Gasteiger partial charge in [0.25, 0.3) is 5.91 Å². The molecule has 0 aliphatic heterocycles. The second-order valence-electron chi connectivity index (χ2n) is 7.08. The van der Waals surface area contributed by atoms with E-state index in [1.807, 2.05) is 49.4 Å². The van der Waals surface area contributed by atoms with Crippen molar-refractivity contribution in [1.29, 1.82) is 0 Å². The van der Waals surface area contributed by atoms with E-state index in [0.717, 1.165) is 22.6 Å². The maximum atomic E-state index is 12.3. The summed E-state index contributed by atoms with van der Waals surface area (Å²) in [5, 5.41) is 2.94. The smallest absolute Gasteiger partial charge is 0.252 e. The Hall–Kier alpha value is -3.67. The number of ether oxygens (including phenoxy) is 1. The Kier molecular flexibility index (Phi) is 6.03. The normalized spacial score (nSPS) is 10.8. The van der Waals surface area contributed by atoms with E-state index in [0.29, 0.717) is 31.7 Å². The van der Waals surface area contributed by atoms with Crippen molar-refractivity contribution in [3.05, 3.63) is 90.0 Å². The Morgan fingerprint density at radius 1 is 1.10 bits per heavy atom. The number of carbonyl (C=O) groups excluding carboxylic acids is 1. The van der Waals surface area contributed by atoms with Gasteiger partial charge in [-0.2, -0.15) is 0 Å². The number of hydrogen-bond acceptors (Lipinski definition) is 4. The molecule has 0 unspecified atom stereocenters. The maximum absolute atomic E-state index is 12.3. The molecule has 0 aliphatic carbocycles. The number of para-hydroxylation sites is 2. The number of benzene rings is 2. The summed E-state index contributed by atoms with van der Waals surface area (Å²) in [5.74, 6) is 1.66. The molecular weight excluding hydrogens is 376 g/mol. The Morgan fingerprint density at radius 3 is 2.83 bits per heavy atom. The first-order valence-electron chi connectivity index (χ1n) is 10.0. The van der Waals surface area contributed by atoms with Crippen LogP contribution in [0.25, 0.3) is 11.0 Å². The topological polar surface area (TPSA) is 69.0 Å². The van der Waals surface area contributed by atoms with Gasteiger partial charge in [-0.05, 0) is 48.9 Å². The summed E-state index contributed by atoms with van der Waals surface area (Å²) in [5.41, 5.74) is 3.74. The molecule has 1 N–H and O–H groups in total. The van der Waals surface area contributed by atoms with Crippen LogP contribution in [0.3, 0.4) is 0 Å².